The van der Waals surface area contributed by atoms with Crippen molar-refractivity contribution in [2.75, 3.05) is 26.1 Å². The van der Waals surface area contributed by atoms with E-state index in [-0.39, 0.29) is 11.2 Å². The van der Waals surface area contributed by atoms with E-state index in [1.165, 1.54) is 11.8 Å². The van der Waals surface area contributed by atoms with E-state index in [0.29, 0.717) is 29.6 Å². The summed E-state index contributed by atoms with van der Waals surface area (Å²) in [5.74, 6) is 0.417. The minimum atomic E-state index is -0.346. The first-order valence-electron chi connectivity index (χ1n) is 8.21. The quantitative estimate of drug-likeness (QED) is 0.683. The molecule has 6 nitrogen and oxygen atoms in total. The SMILES string of the molecule is COCCn1c(SC(C)C(=O)Nc2cc(Cl)ccc2OC)nc(C)c1C. The van der Waals surface area contributed by atoms with E-state index >= 15 is 0 Å². The molecule has 0 bridgehead atoms. The predicted octanol–water partition coefficient (Wildman–Crippen LogP) is 3.93. The molecule has 0 spiro atoms. The van der Waals surface area contributed by atoms with Gasteiger partial charge in [-0.25, -0.2) is 4.98 Å². The Morgan fingerprint density at radius 1 is 1.38 bits per heavy atom. The van der Waals surface area contributed by atoms with Crippen molar-refractivity contribution in [2.24, 2.45) is 0 Å². The Morgan fingerprint density at radius 2 is 2.12 bits per heavy atom. The zero-order valence-electron chi connectivity index (χ0n) is 15.6. The number of benzene rings is 1. The maximum absolute atomic E-state index is 12.6. The van der Waals surface area contributed by atoms with Crippen molar-refractivity contribution in [3.05, 3.63) is 34.6 Å². The second-order valence-electron chi connectivity index (χ2n) is 5.80. The summed E-state index contributed by atoms with van der Waals surface area (Å²) in [4.78, 5) is 17.2. The molecule has 1 unspecified atom stereocenters. The van der Waals surface area contributed by atoms with Gasteiger partial charge in [-0.2, -0.15) is 0 Å². The van der Waals surface area contributed by atoms with E-state index in [9.17, 15) is 4.79 Å². The number of aromatic nitrogens is 2. The topological polar surface area (TPSA) is 65.4 Å². The number of nitrogens with one attached hydrogen (secondary N) is 1. The lowest BCUT2D eigenvalue weighted by atomic mass is 10.3. The van der Waals surface area contributed by atoms with Gasteiger partial charge in [0, 0.05) is 24.4 Å². The molecule has 1 N–H and O–H groups in total. The molecular weight excluding hydrogens is 374 g/mol. The van der Waals surface area contributed by atoms with Crippen LogP contribution in [0, 0.1) is 13.8 Å². The molecule has 0 aliphatic rings. The molecule has 8 heteroatoms. The number of aryl methyl sites for hydroxylation is 1. The average Bonchev–Trinajstić information content (AvgIpc) is 2.86. The van der Waals surface area contributed by atoms with Gasteiger partial charge in [-0.05, 0) is 39.0 Å². The van der Waals surface area contributed by atoms with E-state index in [1.807, 2.05) is 20.8 Å². The first kappa shape index (κ1) is 20.6. The highest BCUT2D eigenvalue weighted by molar-refractivity contribution is 8.00. The largest absolute Gasteiger partial charge is 0.495 e. The number of amides is 1. The maximum Gasteiger partial charge on any atom is 0.237 e. The molecule has 1 amide bonds. The van der Waals surface area contributed by atoms with Crippen LogP contribution >= 0.6 is 23.4 Å². The third-order valence-electron chi connectivity index (χ3n) is 4.01. The van der Waals surface area contributed by atoms with Gasteiger partial charge in [-0.1, -0.05) is 23.4 Å². The van der Waals surface area contributed by atoms with E-state index in [4.69, 9.17) is 21.1 Å². The number of thioether (sulfide) groups is 1. The average molecular weight is 398 g/mol. The van der Waals surface area contributed by atoms with Crippen LogP contribution in [0.15, 0.2) is 23.4 Å². The van der Waals surface area contributed by atoms with E-state index in [2.05, 4.69) is 14.9 Å². The van der Waals surface area contributed by atoms with Crippen LogP contribution < -0.4 is 10.1 Å². The van der Waals surface area contributed by atoms with Gasteiger partial charge in [0.05, 0.1) is 30.3 Å². The molecule has 142 valence electrons. The first-order chi connectivity index (χ1) is 12.4. The third kappa shape index (κ3) is 4.93. The van der Waals surface area contributed by atoms with Gasteiger partial charge in [0.1, 0.15) is 5.75 Å². The Hall–Kier alpha value is -1.70. The highest BCUT2D eigenvalue weighted by atomic mass is 35.5. The highest BCUT2D eigenvalue weighted by Gasteiger charge is 2.21. The molecule has 0 aliphatic carbocycles. The maximum atomic E-state index is 12.6. The molecule has 1 aromatic carbocycles. The van der Waals surface area contributed by atoms with Crippen molar-refractivity contribution < 1.29 is 14.3 Å². The standard InChI is InChI=1S/C18H24ClN3O3S/c1-11-12(2)22(8-9-24-4)18(20-11)26-13(3)17(23)21-15-10-14(19)6-7-16(15)25-5/h6-7,10,13H,8-9H2,1-5H3,(H,21,23). The fraction of sp³-hybridized carbons (Fsp3) is 0.444. The summed E-state index contributed by atoms with van der Waals surface area (Å²) >= 11 is 7.43. The zero-order valence-corrected chi connectivity index (χ0v) is 17.2. The van der Waals surface area contributed by atoms with Crippen LogP contribution in [0.25, 0.3) is 0 Å². The molecule has 0 aliphatic heterocycles. The molecule has 1 aromatic heterocycles. The fourth-order valence-corrected chi connectivity index (χ4v) is 3.58. The molecule has 1 heterocycles. The number of carbonyl (C=O) groups is 1. The Kier molecular flexibility index (Phi) is 7.37. The molecule has 0 saturated carbocycles. The van der Waals surface area contributed by atoms with Gasteiger partial charge in [0.15, 0.2) is 5.16 Å². The van der Waals surface area contributed by atoms with Crippen LogP contribution in [-0.2, 0) is 16.1 Å². The van der Waals surface area contributed by atoms with Gasteiger partial charge in [-0.3, -0.25) is 4.79 Å². The van der Waals surface area contributed by atoms with Crippen LogP contribution in [0.5, 0.6) is 5.75 Å². The monoisotopic (exact) mass is 397 g/mol. The summed E-state index contributed by atoms with van der Waals surface area (Å²) in [6.07, 6.45) is 0. The Balaban J connectivity index is 2.13. The van der Waals surface area contributed by atoms with Crippen molar-refractivity contribution in [2.45, 2.75) is 37.7 Å². The van der Waals surface area contributed by atoms with Gasteiger partial charge in [0.25, 0.3) is 0 Å². The second kappa shape index (κ2) is 9.30. The number of carbonyl (C=O) groups excluding carboxylic acids is 1. The second-order valence-corrected chi connectivity index (χ2v) is 7.55. The number of ether oxygens (including phenoxy) is 2. The molecule has 26 heavy (non-hydrogen) atoms. The third-order valence-corrected chi connectivity index (χ3v) is 5.34. The summed E-state index contributed by atoms with van der Waals surface area (Å²) < 4.78 is 12.5. The van der Waals surface area contributed by atoms with E-state index in [0.717, 1.165) is 16.5 Å². The van der Waals surface area contributed by atoms with Crippen LogP contribution in [0.3, 0.4) is 0 Å². The van der Waals surface area contributed by atoms with Gasteiger partial charge in [-0.15, -0.1) is 0 Å². The Bertz CT molecular complexity index is 779. The minimum absolute atomic E-state index is 0.146. The number of nitrogens with zero attached hydrogens (tertiary/aromatic N) is 2. The number of hydrogen-bond donors (Lipinski definition) is 1. The molecule has 0 saturated heterocycles. The molecule has 2 rings (SSSR count). The molecule has 1 atom stereocenters. The zero-order chi connectivity index (χ0) is 19.3. The van der Waals surface area contributed by atoms with E-state index < -0.39 is 0 Å². The van der Waals surface area contributed by atoms with Crippen molar-refractivity contribution in [3.8, 4) is 5.75 Å². The van der Waals surface area contributed by atoms with Gasteiger partial charge >= 0.3 is 0 Å². The summed E-state index contributed by atoms with van der Waals surface area (Å²) in [6.45, 7) is 7.11. The van der Waals surface area contributed by atoms with Crippen molar-refractivity contribution in [1.82, 2.24) is 9.55 Å². The van der Waals surface area contributed by atoms with Crippen LogP contribution in [-0.4, -0.2) is 41.5 Å². The predicted molar refractivity (Wildman–Crippen MR) is 106 cm³/mol. The van der Waals surface area contributed by atoms with Crippen molar-refractivity contribution in [3.63, 3.8) is 0 Å². The molecule has 0 radical (unpaired) electrons. The van der Waals surface area contributed by atoms with Gasteiger partial charge < -0.3 is 19.4 Å². The first-order valence-corrected chi connectivity index (χ1v) is 9.46. The van der Waals surface area contributed by atoms with Crippen LogP contribution in [0.2, 0.25) is 5.02 Å². The van der Waals surface area contributed by atoms with Crippen LogP contribution in [0.4, 0.5) is 5.69 Å². The normalized spacial score (nSPS) is 12.1. The summed E-state index contributed by atoms with van der Waals surface area (Å²) in [6, 6.07) is 5.11. The molecular formula is C18H24ClN3O3S. The fourth-order valence-electron chi connectivity index (χ4n) is 2.38. The molecule has 2 aromatic rings. The van der Waals surface area contributed by atoms with Gasteiger partial charge in [0.2, 0.25) is 5.91 Å². The summed E-state index contributed by atoms with van der Waals surface area (Å²) in [7, 11) is 3.22. The lowest BCUT2D eigenvalue weighted by Gasteiger charge is -2.15. The minimum Gasteiger partial charge on any atom is -0.495 e. The summed E-state index contributed by atoms with van der Waals surface area (Å²) in [5, 5.41) is 3.86. The lowest BCUT2D eigenvalue weighted by Crippen LogP contribution is -2.23. The number of methoxy groups -OCH3 is 2. The number of rotatable bonds is 8. The van der Waals surface area contributed by atoms with Crippen molar-refractivity contribution in [1.29, 1.82) is 0 Å². The van der Waals surface area contributed by atoms with Crippen LogP contribution in [0.1, 0.15) is 18.3 Å². The highest BCUT2D eigenvalue weighted by Crippen LogP contribution is 2.30. The summed E-state index contributed by atoms with van der Waals surface area (Å²) in [5.41, 5.74) is 2.58. The smallest absolute Gasteiger partial charge is 0.237 e. The number of imidazole rings is 1. The Labute approximate surface area is 163 Å². The Morgan fingerprint density at radius 3 is 2.77 bits per heavy atom. The molecule has 0 fully saturated rings. The number of anilines is 1. The number of hydrogen-bond acceptors (Lipinski definition) is 5. The van der Waals surface area contributed by atoms with E-state index in [1.54, 1.807) is 32.4 Å². The van der Waals surface area contributed by atoms with Crippen molar-refractivity contribution >= 4 is 35.0 Å². The number of halogens is 1. The lowest BCUT2D eigenvalue weighted by molar-refractivity contribution is -0.115.